The van der Waals surface area contributed by atoms with Gasteiger partial charge in [0.05, 0.1) is 17.7 Å². The Hall–Kier alpha value is -3.06. The molecule has 0 bridgehead atoms. The number of anilines is 1. The highest BCUT2D eigenvalue weighted by molar-refractivity contribution is 7.16. The number of nitrogens with one attached hydrogen (secondary N) is 1. The quantitative estimate of drug-likeness (QED) is 0.660. The van der Waals surface area contributed by atoms with Crippen molar-refractivity contribution >= 4 is 28.3 Å². The molecule has 2 aromatic heterocycles. The van der Waals surface area contributed by atoms with Gasteiger partial charge < -0.3 is 10.2 Å². The maximum atomic E-state index is 13.2. The smallest absolute Gasteiger partial charge is 0.232 e. The van der Waals surface area contributed by atoms with Crippen LogP contribution in [0.4, 0.5) is 5.13 Å². The van der Waals surface area contributed by atoms with Gasteiger partial charge in [0.25, 0.3) is 0 Å². The first-order valence-electron chi connectivity index (χ1n) is 9.98. The van der Waals surface area contributed by atoms with E-state index in [-0.39, 0.29) is 30.2 Å². The van der Waals surface area contributed by atoms with Gasteiger partial charge in [-0.25, -0.2) is 4.98 Å². The minimum atomic E-state index is -0.488. The molecule has 1 saturated heterocycles. The molecule has 2 atom stereocenters. The van der Waals surface area contributed by atoms with Crippen LogP contribution in [0, 0.1) is 5.92 Å². The summed E-state index contributed by atoms with van der Waals surface area (Å²) < 4.78 is 0. The molecule has 0 spiro atoms. The van der Waals surface area contributed by atoms with E-state index in [0.717, 1.165) is 21.7 Å². The van der Waals surface area contributed by atoms with E-state index in [1.54, 1.807) is 24.3 Å². The standard InChI is InChI=1S/C23H24N4O2S/c1-14(2)21-19(15-8-5-4-6-9-15)25-23(30-21)26-22(29)17-12-18(28)27(3)20(17)16-10-7-11-24-13-16/h4-11,13-14,17,20H,12H2,1-3H3,(H,25,26,29)/t17-,20+/m0/s1. The van der Waals surface area contributed by atoms with Crippen molar-refractivity contribution in [3.8, 4) is 11.3 Å². The monoisotopic (exact) mass is 420 g/mol. The molecule has 3 aromatic rings. The predicted molar refractivity (Wildman–Crippen MR) is 118 cm³/mol. The van der Waals surface area contributed by atoms with E-state index in [4.69, 9.17) is 4.98 Å². The highest BCUT2D eigenvalue weighted by Crippen LogP contribution is 2.39. The molecule has 30 heavy (non-hydrogen) atoms. The highest BCUT2D eigenvalue weighted by Gasteiger charge is 2.43. The molecule has 7 heteroatoms. The number of hydrogen-bond donors (Lipinski definition) is 1. The minimum Gasteiger partial charge on any atom is -0.338 e. The van der Waals surface area contributed by atoms with Crippen LogP contribution in [0.3, 0.4) is 0 Å². The molecule has 1 aliphatic rings. The van der Waals surface area contributed by atoms with Crippen molar-refractivity contribution in [2.24, 2.45) is 5.92 Å². The second kappa shape index (κ2) is 8.36. The van der Waals surface area contributed by atoms with Crippen molar-refractivity contribution < 1.29 is 9.59 Å². The largest absolute Gasteiger partial charge is 0.338 e. The Bertz CT molecular complexity index is 1050. The van der Waals surface area contributed by atoms with Crippen LogP contribution in [-0.2, 0) is 9.59 Å². The third-order valence-corrected chi connectivity index (χ3v) is 6.68. The molecule has 2 amide bonds. The zero-order valence-electron chi connectivity index (χ0n) is 17.2. The van der Waals surface area contributed by atoms with E-state index in [0.29, 0.717) is 5.13 Å². The number of hydrogen-bond acceptors (Lipinski definition) is 5. The Balaban J connectivity index is 1.61. The van der Waals surface area contributed by atoms with E-state index >= 15 is 0 Å². The summed E-state index contributed by atoms with van der Waals surface area (Å²) in [7, 11) is 1.74. The van der Waals surface area contributed by atoms with E-state index < -0.39 is 5.92 Å². The molecule has 0 aliphatic carbocycles. The van der Waals surface area contributed by atoms with Crippen LogP contribution < -0.4 is 5.32 Å². The Kier molecular flexibility index (Phi) is 5.63. The third-order valence-electron chi connectivity index (χ3n) is 5.40. The van der Waals surface area contributed by atoms with Crippen LogP contribution >= 0.6 is 11.3 Å². The first-order valence-corrected chi connectivity index (χ1v) is 10.8. The lowest BCUT2D eigenvalue weighted by Crippen LogP contribution is -2.30. The predicted octanol–water partition coefficient (Wildman–Crippen LogP) is 4.49. The fourth-order valence-electron chi connectivity index (χ4n) is 3.89. The summed E-state index contributed by atoms with van der Waals surface area (Å²) in [4.78, 5) is 37.2. The first kappa shape index (κ1) is 20.2. The third kappa shape index (κ3) is 3.85. The fourth-order valence-corrected chi connectivity index (χ4v) is 4.88. The molecule has 0 radical (unpaired) electrons. The Morgan fingerprint density at radius 1 is 1.20 bits per heavy atom. The summed E-state index contributed by atoms with van der Waals surface area (Å²) in [6, 6.07) is 13.4. The summed E-state index contributed by atoms with van der Waals surface area (Å²) in [5, 5.41) is 3.54. The minimum absolute atomic E-state index is 0.0454. The van der Waals surface area contributed by atoms with Gasteiger partial charge in [0.1, 0.15) is 0 Å². The van der Waals surface area contributed by atoms with Gasteiger partial charge in [0.15, 0.2) is 5.13 Å². The van der Waals surface area contributed by atoms with E-state index in [2.05, 4.69) is 24.1 Å². The molecular formula is C23H24N4O2S. The Morgan fingerprint density at radius 3 is 2.63 bits per heavy atom. The lowest BCUT2D eigenvalue weighted by atomic mass is 9.94. The maximum Gasteiger partial charge on any atom is 0.232 e. The van der Waals surface area contributed by atoms with Crippen LogP contribution in [0.2, 0.25) is 0 Å². The second-order valence-corrected chi connectivity index (χ2v) is 8.82. The van der Waals surface area contributed by atoms with E-state index in [1.807, 2.05) is 42.5 Å². The first-order chi connectivity index (χ1) is 14.5. The van der Waals surface area contributed by atoms with Crippen LogP contribution in [0.25, 0.3) is 11.3 Å². The van der Waals surface area contributed by atoms with Gasteiger partial charge in [0, 0.05) is 36.3 Å². The molecule has 1 N–H and O–H groups in total. The van der Waals surface area contributed by atoms with Crippen LogP contribution in [0.15, 0.2) is 54.9 Å². The number of pyridine rings is 1. The molecule has 1 fully saturated rings. The molecule has 4 rings (SSSR count). The topological polar surface area (TPSA) is 75.2 Å². The van der Waals surface area contributed by atoms with Crippen molar-refractivity contribution in [2.75, 3.05) is 12.4 Å². The van der Waals surface area contributed by atoms with Gasteiger partial charge in [-0.2, -0.15) is 0 Å². The zero-order chi connectivity index (χ0) is 21.3. The van der Waals surface area contributed by atoms with Crippen molar-refractivity contribution in [3.63, 3.8) is 0 Å². The van der Waals surface area contributed by atoms with Crippen LogP contribution in [0.1, 0.15) is 42.7 Å². The number of amides is 2. The summed E-state index contributed by atoms with van der Waals surface area (Å²) >= 11 is 1.49. The number of thiazole rings is 1. The number of likely N-dealkylation sites (tertiary alicyclic amines) is 1. The molecular weight excluding hydrogens is 396 g/mol. The molecule has 6 nitrogen and oxygen atoms in total. The molecule has 3 heterocycles. The van der Waals surface area contributed by atoms with Crippen LogP contribution in [-0.4, -0.2) is 33.7 Å². The summed E-state index contributed by atoms with van der Waals surface area (Å²) in [5.41, 5.74) is 2.79. The van der Waals surface area contributed by atoms with Crippen molar-refractivity contribution in [1.82, 2.24) is 14.9 Å². The summed E-state index contributed by atoms with van der Waals surface area (Å²) in [5.74, 6) is -0.440. The number of carbonyl (C=O) groups excluding carboxylic acids is 2. The van der Waals surface area contributed by atoms with Crippen LogP contribution in [0.5, 0.6) is 0 Å². The fraction of sp³-hybridized carbons (Fsp3) is 0.304. The number of nitrogens with zero attached hydrogens (tertiary/aromatic N) is 3. The number of carbonyl (C=O) groups is 2. The van der Waals surface area contributed by atoms with Gasteiger partial charge in [0.2, 0.25) is 11.8 Å². The average Bonchev–Trinajstić information content (AvgIpc) is 3.31. The second-order valence-electron chi connectivity index (χ2n) is 7.79. The number of aromatic nitrogens is 2. The Morgan fingerprint density at radius 2 is 1.97 bits per heavy atom. The van der Waals surface area contributed by atoms with Gasteiger partial charge >= 0.3 is 0 Å². The van der Waals surface area contributed by atoms with Crippen molar-refractivity contribution in [2.45, 2.75) is 32.2 Å². The average molecular weight is 421 g/mol. The van der Waals surface area contributed by atoms with E-state index in [1.165, 1.54) is 11.3 Å². The number of benzene rings is 1. The van der Waals surface area contributed by atoms with Gasteiger partial charge in [-0.3, -0.25) is 14.6 Å². The molecule has 1 aliphatic heterocycles. The lowest BCUT2D eigenvalue weighted by Gasteiger charge is -2.24. The number of rotatable bonds is 5. The van der Waals surface area contributed by atoms with Gasteiger partial charge in [-0.05, 0) is 17.5 Å². The highest BCUT2D eigenvalue weighted by atomic mass is 32.1. The van der Waals surface area contributed by atoms with Gasteiger partial charge in [-0.15, -0.1) is 11.3 Å². The molecule has 0 saturated carbocycles. The zero-order valence-corrected chi connectivity index (χ0v) is 18.0. The SMILES string of the molecule is CC(C)c1sc(NC(=O)[C@H]2CC(=O)N(C)[C@@H]2c2cccnc2)nc1-c1ccccc1. The van der Waals surface area contributed by atoms with E-state index in [9.17, 15) is 9.59 Å². The van der Waals surface area contributed by atoms with Crippen molar-refractivity contribution in [3.05, 3.63) is 65.3 Å². The van der Waals surface area contributed by atoms with Gasteiger partial charge in [-0.1, -0.05) is 50.2 Å². The normalized spacial score (nSPS) is 18.8. The molecule has 0 unspecified atom stereocenters. The lowest BCUT2D eigenvalue weighted by molar-refractivity contribution is -0.127. The molecule has 1 aromatic carbocycles. The Labute approximate surface area is 180 Å². The summed E-state index contributed by atoms with van der Waals surface area (Å²) in [6.45, 7) is 4.24. The maximum absolute atomic E-state index is 13.2. The summed E-state index contributed by atoms with van der Waals surface area (Å²) in [6.07, 6.45) is 3.58. The molecule has 154 valence electrons. The van der Waals surface area contributed by atoms with Crippen molar-refractivity contribution in [1.29, 1.82) is 0 Å².